The Balaban J connectivity index is 1.61. The molecule has 2 aromatic carbocycles. The lowest BCUT2D eigenvalue weighted by atomic mass is 10.0. The van der Waals surface area contributed by atoms with Crippen LogP contribution in [-0.2, 0) is 7.05 Å². The topological polar surface area (TPSA) is 112 Å². The van der Waals surface area contributed by atoms with E-state index in [1.165, 1.54) is 12.1 Å². The summed E-state index contributed by atoms with van der Waals surface area (Å²) in [5.41, 5.74) is 15.2. The number of carbonyl (C=O) groups excluding carboxylic acids is 1. The molecule has 0 fully saturated rings. The first-order valence-corrected chi connectivity index (χ1v) is 10.6. The Hall–Kier alpha value is -3.75. The van der Waals surface area contributed by atoms with Crippen molar-refractivity contribution < 1.29 is 9.18 Å². The minimum atomic E-state index is -0.683. The molecular formula is C24H22ClFN6O. The van der Waals surface area contributed by atoms with Crippen molar-refractivity contribution in [2.75, 3.05) is 12.3 Å². The van der Waals surface area contributed by atoms with Crippen LogP contribution in [0.2, 0.25) is 5.02 Å². The summed E-state index contributed by atoms with van der Waals surface area (Å²) in [5.74, 6) is -1.01. The number of nitrogen functional groups attached to an aromatic ring is 1. The first-order valence-electron chi connectivity index (χ1n) is 10.2. The highest BCUT2D eigenvalue weighted by atomic mass is 35.5. The van der Waals surface area contributed by atoms with E-state index in [9.17, 15) is 9.18 Å². The number of benzene rings is 2. The summed E-state index contributed by atoms with van der Waals surface area (Å²) in [4.78, 5) is 17.0. The van der Waals surface area contributed by atoms with E-state index in [2.05, 4.69) is 15.4 Å². The van der Waals surface area contributed by atoms with Crippen LogP contribution in [-0.4, -0.2) is 27.2 Å². The molecule has 5 N–H and O–H groups in total. The van der Waals surface area contributed by atoms with Crippen LogP contribution in [0, 0.1) is 5.82 Å². The molecular weight excluding hydrogens is 443 g/mol. The molecule has 0 bridgehead atoms. The van der Waals surface area contributed by atoms with E-state index in [1.807, 2.05) is 19.2 Å². The second kappa shape index (κ2) is 9.40. The number of amides is 1. The first kappa shape index (κ1) is 22.4. The summed E-state index contributed by atoms with van der Waals surface area (Å²) in [6, 6.07) is 14.5. The van der Waals surface area contributed by atoms with Crippen LogP contribution in [0.1, 0.15) is 22.0 Å². The van der Waals surface area contributed by atoms with E-state index in [-0.39, 0.29) is 17.9 Å². The maximum absolute atomic E-state index is 15.0. The van der Waals surface area contributed by atoms with Gasteiger partial charge in [0.1, 0.15) is 11.6 Å². The van der Waals surface area contributed by atoms with Gasteiger partial charge in [0, 0.05) is 42.1 Å². The number of hydrogen-bond acceptors (Lipinski definition) is 5. The van der Waals surface area contributed by atoms with Gasteiger partial charge in [0.15, 0.2) is 0 Å². The van der Waals surface area contributed by atoms with E-state index >= 15 is 0 Å². The Labute approximate surface area is 195 Å². The van der Waals surface area contributed by atoms with E-state index in [0.29, 0.717) is 16.1 Å². The summed E-state index contributed by atoms with van der Waals surface area (Å²) in [6.45, 7) is 0.134. The zero-order valence-electron chi connectivity index (χ0n) is 17.8. The lowest BCUT2D eigenvalue weighted by Gasteiger charge is -2.18. The average Bonchev–Trinajstić information content (AvgIpc) is 3.23. The Kier molecular flexibility index (Phi) is 6.39. The van der Waals surface area contributed by atoms with Crippen LogP contribution in [0.4, 0.5) is 10.2 Å². The minimum Gasteiger partial charge on any atom is -0.383 e. The highest BCUT2D eigenvalue weighted by Crippen LogP contribution is 2.30. The molecule has 33 heavy (non-hydrogen) atoms. The normalized spacial score (nSPS) is 11.9. The maximum atomic E-state index is 15.0. The van der Waals surface area contributed by atoms with E-state index in [4.69, 9.17) is 23.1 Å². The van der Waals surface area contributed by atoms with E-state index in [1.54, 1.807) is 47.4 Å². The summed E-state index contributed by atoms with van der Waals surface area (Å²) in [6.07, 6.45) is 3.31. The van der Waals surface area contributed by atoms with Gasteiger partial charge in [-0.3, -0.25) is 9.48 Å². The lowest BCUT2D eigenvalue weighted by molar-refractivity contribution is 0.0934. The molecule has 0 saturated carbocycles. The molecule has 1 unspecified atom stereocenters. The van der Waals surface area contributed by atoms with Crippen molar-refractivity contribution in [1.82, 2.24) is 20.1 Å². The third-order valence-electron chi connectivity index (χ3n) is 5.35. The maximum Gasteiger partial charge on any atom is 0.254 e. The van der Waals surface area contributed by atoms with Crippen LogP contribution in [0.5, 0.6) is 0 Å². The number of carbonyl (C=O) groups is 1. The molecule has 0 aliphatic rings. The average molecular weight is 465 g/mol. The number of aryl methyl sites for hydroxylation is 1. The van der Waals surface area contributed by atoms with Gasteiger partial charge >= 0.3 is 0 Å². The molecule has 2 heterocycles. The molecule has 1 amide bonds. The minimum absolute atomic E-state index is 0.103. The molecule has 4 rings (SSSR count). The largest absolute Gasteiger partial charge is 0.383 e. The van der Waals surface area contributed by atoms with Crippen molar-refractivity contribution in [3.8, 4) is 22.4 Å². The molecule has 2 aromatic heterocycles. The summed E-state index contributed by atoms with van der Waals surface area (Å²) in [7, 11) is 1.82. The predicted molar refractivity (Wildman–Crippen MR) is 127 cm³/mol. The highest BCUT2D eigenvalue weighted by Gasteiger charge is 2.19. The van der Waals surface area contributed by atoms with E-state index < -0.39 is 17.8 Å². The number of aromatic nitrogens is 3. The molecule has 9 heteroatoms. The lowest BCUT2D eigenvalue weighted by Crippen LogP contribution is -2.33. The second-order valence-electron chi connectivity index (χ2n) is 7.51. The monoisotopic (exact) mass is 464 g/mol. The molecule has 0 spiro atoms. The fraction of sp³-hybridized carbons (Fsp3) is 0.125. The van der Waals surface area contributed by atoms with Crippen LogP contribution < -0.4 is 16.8 Å². The number of pyridine rings is 1. The molecule has 0 aliphatic heterocycles. The van der Waals surface area contributed by atoms with Gasteiger partial charge in [0.05, 0.1) is 17.3 Å². The van der Waals surface area contributed by atoms with Gasteiger partial charge in [-0.25, -0.2) is 9.37 Å². The Morgan fingerprint density at radius 3 is 2.67 bits per heavy atom. The number of nitrogens with one attached hydrogen (secondary N) is 1. The Morgan fingerprint density at radius 2 is 2.00 bits per heavy atom. The fourth-order valence-electron chi connectivity index (χ4n) is 3.61. The van der Waals surface area contributed by atoms with Gasteiger partial charge in [-0.1, -0.05) is 29.8 Å². The predicted octanol–water partition coefficient (Wildman–Crippen LogP) is 3.95. The highest BCUT2D eigenvalue weighted by molar-refractivity contribution is 6.30. The van der Waals surface area contributed by atoms with Crippen molar-refractivity contribution >= 4 is 23.3 Å². The first-order chi connectivity index (χ1) is 15.9. The van der Waals surface area contributed by atoms with E-state index in [0.717, 1.165) is 16.8 Å². The van der Waals surface area contributed by atoms with Crippen molar-refractivity contribution in [2.24, 2.45) is 12.8 Å². The Morgan fingerprint density at radius 1 is 1.18 bits per heavy atom. The van der Waals surface area contributed by atoms with Crippen molar-refractivity contribution in [3.05, 3.63) is 89.0 Å². The van der Waals surface area contributed by atoms with Crippen molar-refractivity contribution in [1.29, 1.82) is 0 Å². The van der Waals surface area contributed by atoms with Gasteiger partial charge in [-0.15, -0.1) is 0 Å². The number of rotatable bonds is 6. The second-order valence-corrected chi connectivity index (χ2v) is 7.94. The van der Waals surface area contributed by atoms with Crippen LogP contribution in [0.3, 0.4) is 0 Å². The zero-order valence-corrected chi connectivity index (χ0v) is 18.6. The molecule has 0 saturated heterocycles. The SMILES string of the molecule is Cn1nccc1-c1cnc(N)c(-c2ccc(C(=O)NC(CN)c3cccc(Cl)c3)c(F)c2)c1. The molecule has 4 aromatic rings. The number of halogens is 2. The van der Waals surface area contributed by atoms with Crippen LogP contribution >= 0.6 is 11.6 Å². The number of nitrogens with zero attached hydrogens (tertiary/aromatic N) is 3. The number of hydrogen-bond donors (Lipinski definition) is 3. The van der Waals surface area contributed by atoms with Gasteiger partial charge in [0.2, 0.25) is 0 Å². The van der Waals surface area contributed by atoms with Crippen LogP contribution in [0.15, 0.2) is 67.0 Å². The van der Waals surface area contributed by atoms with Gasteiger partial charge in [-0.05, 0) is 47.5 Å². The number of nitrogens with two attached hydrogens (primary N) is 2. The van der Waals surface area contributed by atoms with Gasteiger partial charge in [-0.2, -0.15) is 5.10 Å². The molecule has 168 valence electrons. The standard InChI is InChI=1S/C24H22ClFN6O/c1-32-22(7-8-30-32)16-10-19(23(28)29-13-16)14-5-6-18(20(26)11-14)24(33)31-21(12-27)15-3-2-4-17(25)9-15/h2-11,13,21H,12,27H2,1H3,(H2,28,29)(H,31,33). The van der Waals surface area contributed by atoms with Gasteiger partial charge in [0.25, 0.3) is 5.91 Å². The third-order valence-corrected chi connectivity index (χ3v) is 5.59. The van der Waals surface area contributed by atoms with Crippen molar-refractivity contribution in [3.63, 3.8) is 0 Å². The summed E-state index contributed by atoms with van der Waals surface area (Å²) >= 11 is 6.03. The van der Waals surface area contributed by atoms with Gasteiger partial charge < -0.3 is 16.8 Å². The fourth-order valence-corrected chi connectivity index (χ4v) is 3.81. The smallest absolute Gasteiger partial charge is 0.254 e. The third kappa shape index (κ3) is 4.72. The molecule has 0 radical (unpaired) electrons. The molecule has 7 nitrogen and oxygen atoms in total. The Bertz CT molecular complexity index is 1320. The molecule has 0 aliphatic carbocycles. The number of anilines is 1. The van der Waals surface area contributed by atoms with Crippen LogP contribution in [0.25, 0.3) is 22.4 Å². The quantitative estimate of drug-likeness (QED) is 0.400. The zero-order chi connectivity index (χ0) is 23.5. The summed E-state index contributed by atoms with van der Waals surface area (Å²) < 4.78 is 16.7. The van der Waals surface area contributed by atoms with Crippen molar-refractivity contribution in [2.45, 2.75) is 6.04 Å². The molecule has 1 atom stereocenters. The summed E-state index contributed by atoms with van der Waals surface area (Å²) in [5, 5.41) is 7.44.